The average Bonchev–Trinajstić information content (AvgIpc) is 2.76. The molecule has 152 valence electrons. The van der Waals surface area contributed by atoms with Gasteiger partial charge in [0.15, 0.2) is 0 Å². The number of amides is 1. The zero-order valence-electron chi connectivity index (χ0n) is 16.5. The Bertz CT molecular complexity index is 1110. The van der Waals surface area contributed by atoms with Crippen molar-refractivity contribution in [2.75, 3.05) is 5.43 Å². The molecular weight excluding hydrogens is 419 g/mol. The predicted molar refractivity (Wildman–Crippen MR) is 125 cm³/mol. The Balaban J connectivity index is 1.63. The van der Waals surface area contributed by atoms with E-state index >= 15 is 0 Å². The van der Waals surface area contributed by atoms with E-state index in [0.717, 1.165) is 22.5 Å². The normalized spacial score (nSPS) is 11.9. The summed E-state index contributed by atoms with van der Waals surface area (Å²) in [4.78, 5) is 12.4. The van der Waals surface area contributed by atoms with Crippen LogP contribution in [0.3, 0.4) is 0 Å². The molecule has 3 rings (SSSR count). The number of anilines is 1. The Hall–Kier alpha value is -3.15. The number of nitrogens with one attached hydrogen (secondary N) is 2. The van der Waals surface area contributed by atoms with Crippen molar-refractivity contribution >= 4 is 46.2 Å². The molecule has 0 saturated heterocycles. The molecule has 2 N–H and O–H groups in total. The lowest BCUT2D eigenvalue weighted by Gasteiger charge is -2.07. The number of hydrogen-bond donors (Lipinski definition) is 2. The largest absolute Gasteiger partial charge is 0.278 e. The number of rotatable bonds is 6. The molecule has 3 aromatic rings. The number of carbonyl (C=O) groups excluding carboxylic acids is 1. The van der Waals surface area contributed by atoms with Gasteiger partial charge in [-0.3, -0.25) is 10.2 Å². The summed E-state index contributed by atoms with van der Waals surface area (Å²) in [7, 11) is 0. The summed E-state index contributed by atoms with van der Waals surface area (Å²) in [6, 6.07) is 21.7. The van der Waals surface area contributed by atoms with Gasteiger partial charge in [0.05, 0.1) is 17.1 Å². The minimum atomic E-state index is -0.316. The van der Waals surface area contributed by atoms with E-state index in [-0.39, 0.29) is 5.91 Å². The van der Waals surface area contributed by atoms with E-state index in [0.29, 0.717) is 21.3 Å². The molecule has 0 aliphatic heterocycles. The van der Waals surface area contributed by atoms with Crippen LogP contribution in [0.2, 0.25) is 10.0 Å². The van der Waals surface area contributed by atoms with Crippen molar-refractivity contribution in [3.05, 3.63) is 99.5 Å². The molecule has 0 aromatic heterocycles. The molecule has 0 aliphatic carbocycles. The number of carbonyl (C=O) groups is 1. The van der Waals surface area contributed by atoms with E-state index in [9.17, 15) is 4.79 Å². The number of hydrogen-bond acceptors (Lipinski definition) is 4. The summed E-state index contributed by atoms with van der Waals surface area (Å²) in [5, 5.41) is 9.71. The third-order valence-corrected chi connectivity index (χ3v) is 5.01. The Morgan fingerprint density at radius 3 is 1.77 bits per heavy atom. The predicted octanol–water partition coefficient (Wildman–Crippen LogP) is 5.98. The SMILES string of the molecule is CC(=NNC(=O)c1ccc(NN=C(C)c2ccccc2Cl)cc1)c1ccccc1Cl. The van der Waals surface area contributed by atoms with E-state index < -0.39 is 0 Å². The second-order valence-corrected chi connectivity index (χ2v) is 7.30. The average molecular weight is 439 g/mol. The minimum Gasteiger partial charge on any atom is -0.278 e. The Morgan fingerprint density at radius 2 is 1.23 bits per heavy atom. The van der Waals surface area contributed by atoms with Gasteiger partial charge in [-0.25, -0.2) is 5.43 Å². The summed E-state index contributed by atoms with van der Waals surface area (Å²) in [5.41, 5.74) is 9.74. The van der Waals surface area contributed by atoms with E-state index in [2.05, 4.69) is 21.1 Å². The Morgan fingerprint density at radius 1 is 0.733 bits per heavy atom. The molecule has 0 saturated carbocycles. The van der Waals surface area contributed by atoms with Crippen LogP contribution in [0.1, 0.15) is 35.3 Å². The fourth-order valence-electron chi connectivity index (χ4n) is 2.67. The molecule has 30 heavy (non-hydrogen) atoms. The first-order valence-electron chi connectivity index (χ1n) is 9.20. The molecule has 0 atom stereocenters. The van der Waals surface area contributed by atoms with Crippen LogP contribution < -0.4 is 10.9 Å². The van der Waals surface area contributed by atoms with Crippen molar-refractivity contribution < 1.29 is 4.79 Å². The van der Waals surface area contributed by atoms with Crippen LogP contribution in [-0.4, -0.2) is 17.3 Å². The van der Waals surface area contributed by atoms with Gasteiger partial charge in [-0.15, -0.1) is 0 Å². The maximum absolute atomic E-state index is 12.4. The first-order valence-corrected chi connectivity index (χ1v) is 9.96. The molecule has 0 heterocycles. The zero-order valence-corrected chi connectivity index (χ0v) is 18.0. The van der Waals surface area contributed by atoms with Gasteiger partial charge in [0.1, 0.15) is 0 Å². The molecule has 0 unspecified atom stereocenters. The second kappa shape index (κ2) is 10.1. The molecule has 7 heteroatoms. The molecule has 5 nitrogen and oxygen atoms in total. The van der Waals surface area contributed by atoms with Crippen molar-refractivity contribution in [2.24, 2.45) is 10.2 Å². The van der Waals surface area contributed by atoms with Gasteiger partial charge < -0.3 is 0 Å². The third kappa shape index (κ3) is 5.47. The summed E-state index contributed by atoms with van der Waals surface area (Å²) in [5.74, 6) is -0.316. The van der Waals surface area contributed by atoms with Crippen LogP contribution in [0, 0.1) is 0 Å². The van der Waals surface area contributed by atoms with Gasteiger partial charge in [-0.1, -0.05) is 59.6 Å². The molecule has 3 aromatic carbocycles. The Kier molecular flexibility index (Phi) is 7.22. The van der Waals surface area contributed by atoms with Gasteiger partial charge in [0, 0.05) is 26.7 Å². The number of halogens is 2. The van der Waals surface area contributed by atoms with Crippen LogP contribution in [-0.2, 0) is 0 Å². The molecule has 0 aliphatic rings. The van der Waals surface area contributed by atoms with Gasteiger partial charge in [-0.2, -0.15) is 10.2 Å². The molecule has 0 radical (unpaired) electrons. The molecular formula is C23H20Cl2N4O. The quantitative estimate of drug-likeness (QED) is 0.366. The topological polar surface area (TPSA) is 65.8 Å². The minimum absolute atomic E-state index is 0.316. The maximum atomic E-state index is 12.4. The molecule has 0 spiro atoms. The van der Waals surface area contributed by atoms with Crippen molar-refractivity contribution in [1.29, 1.82) is 0 Å². The first-order chi connectivity index (χ1) is 14.5. The maximum Gasteiger partial charge on any atom is 0.271 e. The first kappa shape index (κ1) is 21.6. The van der Waals surface area contributed by atoms with Crippen LogP contribution in [0.5, 0.6) is 0 Å². The van der Waals surface area contributed by atoms with Gasteiger partial charge >= 0.3 is 0 Å². The van der Waals surface area contributed by atoms with E-state index in [1.165, 1.54) is 0 Å². The van der Waals surface area contributed by atoms with Gasteiger partial charge in [-0.05, 0) is 50.2 Å². The summed E-state index contributed by atoms with van der Waals surface area (Å²) >= 11 is 12.3. The van der Waals surface area contributed by atoms with Crippen LogP contribution >= 0.6 is 23.2 Å². The van der Waals surface area contributed by atoms with E-state index in [1.807, 2.05) is 49.4 Å². The highest BCUT2D eigenvalue weighted by Gasteiger charge is 2.07. The van der Waals surface area contributed by atoms with Crippen molar-refractivity contribution in [1.82, 2.24) is 5.43 Å². The monoisotopic (exact) mass is 438 g/mol. The number of nitrogens with zero attached hydrogens (tertiary/aromatic N) is 2. The summed E-state index contributed by atoms with van der Waals surface area (Å²) in [6.07, 6.45) is 0. The van der Waals surface area contributed by atoms with Crippen molar-refractivity contribution in [3.63, 3.8) is 0 Å². The van der Waals surface area contributed by atoms with Crippen LogP contribution in [0.25, 0.3) is 0 Å². The standard InChI is InChI=1S/C23H20Cl2N4O/c1-15(19-7-3-5-9-21(19)24)26-28-18-13-11-17(12-14-18)23(30)29-27-16(2)20-8-4-6-10-22(20)25/h3-14,28H,1-2H3,(H,29,30). The summed E-state index contributed by atoms with van der Waals surface area (Å²) < 4.78 is 0. The van der Waals surface area contributed by atoms with E-state index in [4.69, 9.17) is 23.2 Å². The highest BCUT2D eigenvalue weighted by atomic mass is 35.5. The molecule has 0 bridgehead atoms. The lowest BCUT2D eigenvalue weighted by atomic mass is 10.1. The lowest BCUT2D eigenvalue weighted by molar-refractivity contribution is 0.0955. The number of benzene rings is 3. The summed E-state index contributed by atoms with van der Waals surface area (Å²) in [6.45, 7) is 3.66. The second-order valence-electron chi connectivity index (χ2n) is 6.48. The highest BCUT2D eigenvalue weighted by molar-refractivity contribution is 6.34. The Labute approximate surface area is 185 Å². The van der Waals surface area contributed by atoms with Gasteiger partial charge in [0.25, 0.3) is 5.91 Å². The third-order valence-electron chi connectivity index (χ3n) is 4.35. The lowest BCUT2D eigenvalue weighted by Crippen LogP contribution is -2.19. The molecule has 1 amide bonds. The van der Waals surface area contributed by atoms with Crippen LogP contribution in [0.4, 0.5) is 5.69 Å². The van der Waals surface area contributed by atoms with E-state index in [1.54, 1.807) is 37.3 Å². The molecule has 0 fully saturated rings. The smallest absolute Gasteiger partial charge is 0.271 e. The van der Waals surface area contributed by atoms with Crippen molar-refractivity contribution in [3.8, 4) is 0 Å². The zero-order chi connectivity index (χ0) is 21.5. The van der Waals surface area contributed by atoms with Crippen LogP contribution in [0.15, 0.2) is 83.0 Å². The van der Waals surface area contributed by atoms with Gasteiger partial charge in [0.2, 0.25) is 0 Å². The fourth-order valence-corrected chi connectivity index (χ4v) is 3.22. The fraction of sp³-hybridized carbons (Fsp3) is 0.0870. The highest BCUT2D eigenvalue weighted by Crippen LogP contribution is 2.17. The van der Waals surface area contributed by atoms with Crippen molar-refractivity contribution in [2.45, 2.75) is 13.8 Å². The number of hydrazone groups is 2.